The van der Waals surface area contributed by atoms with Gasteiger partial charge in [0.1, 0.15) is 0 Å². The second kappa shape index (κ2) is 14.0. The lowest BCUT2D eigenvalue weighted by Crippen LogP contribution is -2.39. The zero-order valence-corrected chi connectivity index (χ0v) is 15.0. The molecule has 0 aliphatic carbocycles. The van der Waals surface area contributed by atoms with E-state index in [-0.39, 0.29) is 12.5 Å². The lowest BCUT2D eigenvalue weighted by molar-refractivity contribution is -0.130. The van der Waals surface area contributed by atoms with E-state index in [0.29, 0.717) is 6.42 Å². The van der Waals surface area contributed by atoms with Crippen LogP contribution < -0.4 is 5.73 Å². The Hall–Kier alpha value is -0.570. The molecule has 0 rings (SSSR count). The van der Waals surface area contributed by atoms with E-state index < -0.39 is 5.41 Å². The topological polar surface area (TPSA) is 63.3 Å². The molecule has 0 aliphatic heterocycles. The zero-order chi connectivity index (χ0) is 16.7. The van der Waals surface area contributed by atoms with Crippen molar-refractivity contribution in [3.63, 3.8) is 0 Å². The van der Waals surface area contributed by atoms with Crippen molar-refractivity contribution in [2.45, 2.75) is 104 Å². The second-order valence-electron chi connectivity index (χ2n) is 6.80. The van der Waals surface area contributed by atoms with Crippen LogP contribution in [0.3, 0.4) is 0 Å². The number of nitrogens with two attached hydrogens (primary N) is 1. The summed E-state index contributed by atoms with van der Waals surface area (Å²) in [6.45, 7) is 4.08. The third-order valence-electron chi connectivity index (χ3n) is 5.01. The number of aliphatic hydroxyl groups is 1. The normalized spacial score (nSPS) is 14.0. The Morgan fingerprint density at radius 3 is 1.55 bits per heavy atom. The predicted octanol–water partition coefficient (Wildman–Crippen LogP) is 4.95. The Kier molecular flexibility index (Phi) is 13.7. The lowest BCUT2D eigenvalue weighted by atomic mass is 9.80. The van der Waals surface area contributed by atoms with Gasteiger partial charge in [-0.15, -0.1) is 0 Å². The van der Waals surface area contributed by atoms with Crippen molar-refractivity contribution in [1.29, 1.82) is 0 Å². The Labute approximate surface area is 138 Å². The van der Waals surface area contributed by atoms with Crippen LogP contribution >= 0.6 is 0 Å². The molecule has 0 aliphatic rings. The maximum atomic E-state index is 11.5. The number of primary amides is 1. The summed E-state index contributed by atoms with van der Waals surface area (Å²) in [5.41, 5.74) is 4.75. The molecule has 0 saturated heterocycles. The first-order valence-electron chi connectivity index (χ1n) is 9.53. The Morgan fingerprint density at radius 1 is 0.818 bits per heavy atom. The summed E-state index contributed by atoms with van der Waals surface area (Å²) in [5.74, 6) is -0.347. The summed E-state index contributed by atoms with van der Waals surface area (Å²) in [7, 11) is 0. The van der Waals surface area contributed by atoms with Crippen LogP contribution in [0.5, 0.6) is 0 Å². The van der Waals surface area contributed by atoms with Crippen LogP contribution in [0, 0.1) is 5.41 Å². The minimum absolute atomic E-state index is 0.114. The van der Waals surface area contributed by atoms with Gasteiger partial charge in [-0.3, -0.25) is 4.79 Å². The van der Waals surface area contributed by atoms with Gasteiger partial charge >= 0.3 is 0 Å². The molecule has 132 valence electrons. The van der Waals surface area contributed by atoms with Crippen molar-refractivity contribution in [3.05, 3.63) is 0 Å². The monoisotopic (exact) mass is 313 g/mol. The predicted molar refractivity (Wildman–Crippen MR) is 94.7 cm³/mol. The molecule has 0 saturated carbocycles. The molecule has 1 unspecified atom stereocenters. The van der Waals surface area contributed by atoms with E-state index in [4.69, 9.17) is 5.73 Å². The van der Waals surface area contributed by atoms with Gasteiger partial charge < -0.3 is 10.8 Å². The van der Waals surface area contributed by atoms with E-state index in [1.807, 2.05) is 6.92 Å². The van der Waals surface area contributed by atoms with Gasteiger partial charge in [0, 0.05) is 0 Å². The fourth-order valence-corrected chi connectivity index (χ4v) is 3.05. The number of hydrogen-bond acceptors (Lipinski definition) is 2. The SMILES string of the molecule is CCCCCCCCCCCCCCC(CC)(CO)C(N)=O. The van der Waals surface area contributed by atoms with Crippen molar-refractivity contribution in [2.75, 3.05) is 6.61 Å². The first-order chi connectivity index (χ1) is 10.6. The molecule has 0 aromatic heterocycles. The first-order valence-corrected chi connectivity index (χ1v) is 9.53. The molecule has 0 spiro atoms. The molecule has 0 aromatic rings. The molecule has 0 fully saturated rings. The van der Waals surface area contributed by atoms with Crippen molar-refractivity contribution < 1.29 is 9.90 Å². The van der Waals surface area contributed by atoms with Gasteiger partial charge in [-0.1, -0.05) is 90.9 Å². The molecule has 3 nitrogen and oxygen atoms in total. The summed E-state index contributed by atoms with van der Waals surface area (Å²) in [4.78, 5) is 11.5. The van der Waals surface area contributed by atoms with Gasteiger partial charge in [-0.05, 0) is 12.8 Å². The highest BCUT2D eigenvalue weighted by Gasteiger charge is 2.33. The summed E-state index contributed by atoms with van der Waals surface area (Å²) < 4.78 is 0. The van der Waals surface area contributed by atoms with E-state index in [1.165, 1.54) is 64.2 Å². The van der Waals surface area contributed by atoms with Gasteiger partial charge in [0.05, 0.1) is 12.0 Å². The molecular formula is C19H39NO2. The molecule has 3 heteroatoms. The summed E-state index contributed by atoms with van der Waals surface area (Å²) in [5, 5.41) is 9.42. The Balaban J connectivity index is 3.44. The minimum Gasteiger partial charge on any atom is -0.395 e. The Morgan fingerprint density at radius 2 is 1.23 bits per heavy atom. The molecular weight excluding hydrogens is 274 g/mol. The molecule has 0 bridgehead atoms. The largest absolute Gasteiger partial charge is 0.395 e. The zero-order valence-electron chi connectivity index (χ0n) is 15.0. The maximum absolute atomic E-state index is 11.5. The van der Waals surface area contributed by atoms with Crippen LogP contribution in [0.2, 0.25) is 0 Å². The number of carbonyl (C=O) groups excluding carboxylic acids is 1. The summed E-state index contributed by atoms with van der Waals surface area (Å²) >= 11 is 0. The molecule has 0 aromatic carbocycles. The molecule has 1 amide bonds. The smallest absolute Gasteiger partial charge is 0.225 e. The van der Waals surface area contributed by atoms with Gasteiger partial charge in [-0.2, -0.15) is 0 Å². The van der Waals surface area contributed by atoms with Crippen molar-refractivity contribution in [3.8, 4) is 0 Å². The average molecular weight is 314 g/mol. The van der Waals surface area contributed by atoms with Gasteiger partial charge in [-0.25, -0.2) is 0 Å². The number of aliphatic hydroxyl groups excluding tert-OH is 1. The van der Waals surface area contributed by atoms with Crippen LogP contribution in [-0.4, -0.2) is 17.6 Å². The first kappa shape index (κ1) is 21.4. The maximum Gasteiger partial charge on any atom is 0.225 e. The van der Waals surface area contributed by atoms with Crippen molar-refractivity contribution >= 4 is 5.91 Å². The van der Waals surface area contributed by atoms with Crippen molar-refractivity contribution in [2.24, 2.45) is 11.1 Å². The number of carbonyl (C=O) groups is 1. The van der Waals surface area contributed by atoms with E-state index in [2.05, 4.69) is 6.92 Å². The summed E-state index contributed by atoms with van der Waals surface area (Å²) in [6.07, 6.45) is 17.0. The van der Waals surface area contributed by atoms with Crippen LogP contribution in [0.4, 0.5) is 0 Å². The Bertz CT molecular complexity index is 262. The third kappa shape index (κ3) is 9.45. The molecule has 0 heterocycles. The van der Waals surface area contributed by atoms with Crippen LogP contribution in [0.1, 0.15) is 104 Å². The minimum atomic E-state index is -0.682. The van der Waals surface area contributed by atoms with E-state index >= 15 is 0 Å². The van der Waals surface area contributed by atoms with Gasteiger partial charge in [0.15, 0.2) is 0 Å². The fraction of sp³-hybridized carbons (Fsp3) is 0.947. The molecule has 0 radical (unpaired) electrons. The number of amides is 1. The number of unbranched alkanes of at least 4 members (excludes halogenated alkanes) is 11. The number of rotatable bonds is 16. The fourth-order valence-electron chi connectivity index (χ4n) is 3.05. The highest BCUT2D eigenvalue weighted by molar-refractivity contribution is 5.80. The second-order valence-corrected chi connectivity index (χ2v) is 6.80. The molecule has 3 N–H and O–H groups in total. The highest BCUT2D eigenvalue weighted by atomic mass is 16.3. The van der Waals surface area contributed by atoms with Gasteiger partial charge in [0.25, 0.3) is 0 Å². The van der Waals surface area contributed by atoms with E-state index in [0.717, 1.165) is 19.3 Å². The van der Waals surface area contributed by atoms with Gasteiger partial charge in [0.2, 0.25) is 5.91 Å². The average Bonchev–Trinajstić information content (AvgIpc) is 2.52. The molecule has 1 atom stereocenters. The highest BCUT2D eigenvalue weighted by Crippen LogP contribution is 2.28. The van der Waals surface area contributed by atoms with Crippen molar-refractivity contribution in [1.82, 2.24) is 0 Å². The van der Waals surface area contributed by atoms with Crippen LogP contribution in [0.15, 0.2) is 0 Å². The van der Waals surface area contributed by atoms with E-state index in [9.17, 15) is 9.90 Å². The third-order valence-corrected chi connectivity index (χ3v) is 5.01. The summed E-state index contributed by atoms with van der Waals surface area (Å²) in [6, 6.07) is 0. The quantitative estimate of drug-likeness (QED) is 0.396. The van der Waals surface area contributed by atoms with Crippen LogP contribution in [-0.2, 0) is 4.79 Å². The van der Waals surface area contributed by atoms with E-state index in [1.54, 1.807) is 0 Å². The van der Waals surface area contributed by atoms with Crippen LogP contribution in [0.25, 0.3) is 0 Å². The standard InChI is InChI=1S/C19H39NO2/c1-3-5-6-7-8-9-10-11-12-13-14-15-16-19(4-2,17-21)18(20)22/h21H,3-17H2,1-2H3,(H2,20,22). The molecule has 22 heavy (non-hydrogen) atoms. The lowest BCUT2D eigenvalue weighted by Gasteiger charge is -2.26. The number of hydrogen-bond donors (Lipinski definition) is 2.